The number of ether oxygens (including phenoxy) is 1. The predicted octanol–water partition coefficient (Wildman–Crippen LogP) is 4.11. The van der Waals surface area contributed by atoms with Crippen molar-refractivity contribution in [2.45, 2.75) is 13.8 Å². The number of benzene rings is 2. The van der Waals surface area contributed by atoms with Gasteiger partial charge in [0.25, 0.3) is 0 Å². The minimum Gasteiger partial charge on any atom is -0.473 e. The molecule has 2 aromatic rings. The normalized spacial score (nSPS) is 10.0. The number of amides is 2. The van der Waals surface area contributed by atoms with E-state index in [1.807, 2.05) is 32.0 Å². The van der Waals surface area contributed by atoms with Crippen LogP contribution in [0.5, 0.6) is 5.75 Å². The smallest absolute Gasteiger partial charge is 0.321 e. The van der Waals surface area contributed by atoms with E-state index < -0.39 is 0 Å². The Labute approximate surface area is 129 Å². The molecule has 0 bridgehead atoms. The van der Waals surface area contributed by atoms with E-state index in [2.05, 4.69) is 10.6 Å². The fraction of sp³-hybridized carbons (Fsp3) is 0.188. The Morgan fingerprint density at radius 3 is 2.71 bits per heavy atom. The second kappa shape index (κ2) is 6.99. The summed E-state index contributed by atoms with van der Waals surface area (Å²) in [7, 11) is 0. The molecule has 0 fully saturated rings. The molecule has 0 heterocycles. The summed E-state index contributed by atoms with van der Waals surface area (Å²) in [4.78, 5) is 11.7. The van der Waals surface area contributed by atoms with E-state index in [-0.39, 0.29) is 12.8 Å². The Hall–Kier alpha value is -2.20. The quantitative estimate of drug-likeness (QED) is 0.835. The summed E-state index contributed by atoms with van der Waals surface area (Å²) < 4.78 is 5.55. The average molecular weight is 305 g/mol. The van der Waals surface area contributed by atoms with E-state index in [0.717, 1.165) is 16.9 Å². The van der Waals surface area contributed by atoms with Gasteiger partial charge in [-0.05, 0) is 49.2 Å². The molecule has 0 spiro atoms. The van der Waals surface area contributed by atoms with Crippen LogP contribution >= 0.6 is 11.6 Å². The van der Waals surface area contributed by atoms with Gasteiger partial charge in [0.1, 0.15) is 5.75 Å². The Kier molecular flexibility index (Phi) is 5.06. The molecule has 4 nitrogen and oxygen atoms in total. The van der Waals surface area contributed by atoms with Crippen molar-refractivity contribution in [1.82, 2.24) is 5.32 Å². The summed E-state index contributed by atoms with van der Waals surface area (Å²) in [5, 5.41) is 5.88. The summed E-state index contributed by atoms with van der Waals surface area (Å²) in [5.41, 5.74) is 2.84. The fourth-order valence-electron chi connectivity index (χ4n) is 1.80. The molecule has 2 amide bonds. The van der Waals surface area contributed by atoms with Crippen LogP contribution in [0.1, 0.15) is 11.1 Å². The molecule has 0 saturated carbocycles. The lowest BCUT2D eigenvalue weighted by atomic mass is 10.1. The molecule has 0 unspecified atom stereocenters. The lowest BCUT2D eigenvalue weighted by Gasteiger charge is -2.12. The molecule has 5 heteroatoms. The lowest BCUT2D eigenvalue weighted by Crippen LogP contribution is -2.32. The van der Waals surface area contributed by atoms with Crippen LogP contribution in [0.25, 0.3) is 0 Å². The number of aryl methyl sites for hydroxylation is 1. The Morgan fingerprint density at radius 1 is 1.19 bits per heavy atom. The van der Waals surface area contributed by atoms with Crippen LogP contribution in [-0.2, 0) is 0 Å². The fourth-order valence-corrected chi connectivity index (χ4v) is 1.99. The van der Waals surface area contributed by atoms with Crippen LogP contribution in [-0.4, -0.2) is 12.8 Å². The maximum Gasteiger partial charge on any atom is 0.321 e. The van der Waals surface area contributed by atoms with Gasteiger partial charge in [-0.1, -0.05) is 29.8 Å². The zero-order chi connectivity index (χ0) is 15.2. The number of rotatable bonds is 4. The molecule has 2 aromatic carbocycles. The highest BCUT2D eigenvalue weighted by Crippen LogP contribution is 2.20. The van der Waals surface area contributed by atoms with Crippen molar-refractivity contribution in [1.29, 1.82) is 0 Å². The van der Waals surface area contributed by atoms with Gasteiger partial charge in [0.15, 0.2) is 6.73 Å². The number of hydrogen-bond donors (Lipinski definition) is 2. The van der Waals surface area contributed by atoms with Crippen LogP contribution in [0.4, 0.5) is 10.5 Å². The summed E-state index contributed by atoms with van der Waals surface area (Å²) in [6.45, 7) is 4.09. The van der Waals surface area contributed by atoms with Gasteiger partial charge in [-0.2, -0.15) is 0 Å². The monoisotopic (exact) mass is 304 g/mol. The number of hydrogen-bond acceptors (Lipinski definition) is 2. The van der Waals surface area contributed by atoms with E-state index in [1.165, 1.54) is 0 Å². The van der Waals surface area contributed by atoms with Crippen LogP contribution < -0.4 is 15.4 Å². The Morgan fingerprint density at radius 2 is 1.95 bits per heavy atom. The Balaban J connectivity index is 1.83. The van der Waals surface area contributed by atoms with Gasteiger partial charge in [-0.25, -0.2) is 4.79 Å². The third-order valence-electron chi connectivity index (χ3n) is 3.10. The molecular weight excluding hydrogens is 288 g/mol. The molecule has 0 saturated heterocycles. The first-order valence-corrected chi connectivity index (χ1v) is 6.93. The van der Waals surface area contributed by atoms with Gasteiger partial charge in [0.05, 0.1) is 0 Å². The topological polar surface area (TPSA) is 50.4 Å². The van der Waals surface area contributed by atoms with Crippen molar-refractivity contribution < 1.29 is 9.53 Å². The standard InChI is InChI=1S/C16H17ClN2O2/c1-11-5-3-8-15(12(11)2)21-10-18-16(20)19-14-7-4-6-13(17)9-14/h3-9H,10H2,1-2H3,(H2,18,19,20). The van der Waals surface area contributed by atoms with E-state index in [1.54, 1.807) is 24.3 Å². The second-order valence-corrected chi connectivity index (χ2v) is 5.06. The number of carbonyl (C=O) groups is 1. The minimum absolute atomic E-state index is 0.0939. The summed E-state index contributed by atoms with van der Waals surface area (Å²) >= 11 is 5.85. The molecule has 0 aliphatic carbocycles. The molecule has 21 heavy (non-hydrogen) atoms. The third-order valence-corrected chi connectivity index (χ3v) is 3.33. The van der Waals surface area contributed by atoms with Gasteiger partial charge < -0.3 is 15.4 Å². The predicted molar refractivity (Wildman–Crippen MR) is 85.0 cm³/mol. The van der Waals surface area contributed by atoms with Crippen molar-refractivity contribution in [2.75, 3.05) is 12.0 Å². The van der Waals surface area contributed by atoms with E-state index >= 15 is 0 Å². The molecule has 2 rings (SSSR count). The van der Waals surface area contributed by atoms with Gasteiger partial charge in [0, 0.05) is 10.7 Å². The maximum absolute atomic E-state index is 11.7. The molecule has 2 N–H and O–H groups in total. The zero-order valence-corrected chi connectivity index (χ0v) is 12.7. The minimum atomic E-state index is -0.345. The van der Waals surface area contributed by atoms with E-state index in [9.17, 15) is 4.79 Å². The number of urea groups is 1. The largest absolute Gasteiger partial charge is 0.473 e. The summed E-state index contributed by atoms with van der Waals surface area (Å²) in [6, 6.07) is 12.4. The lowest BCUT2D eigenvalue weighted by molar-refractivity contribution is 0.234. The second-order valence-electron chi connectivity index (χ2n) is 4.63. The number of nitrogens with one attached hydrogen (secondary N) is 2. The van der Waals surface area contributed by atoms with Crippen LogP contribution in [0.3, 0.4) is 0 Å². The number of carbonyl (C=O) groups excluding carboxylic acids is 1. The molecular formula is C16H17ClN2O2. The highest BCUT2D eigenvalue weighted by molar-refractivity contribution is 6.30. The number of halogens is 1. The molecule has 0 aromatic heterocycles. The van der Waals surface area contributed by atoms with Gasteiger partial charge in [-0.3, -0.25) is 0 Å². The van der Waals surface area contributed by atoms with Crippen LogP contribution in [0, 0.1) is 13.8 Å². The first kappa shape index (κ1) is 15.2. The first-order valence-electron chi connectivity index (χ1n) is 6.55. The summed E-state index contributed by atoms with van der Waals surface area (Å²) in [6.07, 6.45) is 0. The SMILES string of the molecule is Cc1cccc(OCNC(=O)Nc2cccc(Cl)c2)c1C. The van der Waals surface area contributed by atoms with Gasteiger partial charge in [0.2, 0.25) is 0 Å². The molecule has 0 atom stereocenters. The van der Waals surface area contributed by atoms with Crippen molar-refractivity contribution >= 4 is 23.3 Å². The van der Waals surface area contributed by atoms with Crippen molar-refractivity contribution in [3.8, 4) is 5.75 Å². The van der Waals surface area contributed by atoms with Gasteiger partial charge >= 0.3 is 6.03 Å². The van der Waals surface area contributed by atoms with Crippen LogP contribution in [0.15, 0.2) is 42.5 Å². The van der Waals surface area contributed by atoms with E-state index in [0.29, 0.717) is 10.7 Å². The average Bonchev–Trinajstić information content (AvgIpc) is 2.43. The third kappa shape index (κ3) is 4.39. The van der Waals surface area contributed by atoms with Crippen molar-refractivity contribution in [3.05, 3.63) is 58.6 Å². The van der Waals surface area contributed by atoms with E-state index in [4.69, 9.17) is 16.3 Å². The van der Waals surface area contributed by atoms with Gasteiger partial charge in [-0.15, -0.1) is 0 Å². The molecule has 0 aliphatic heterocycles. The van der Waals surface area contributed by atoms with Crippen molar-refractivity contribution in [3.63, 3.8) is 0 Å². The first-order chi connectivity index (χ1) is 10.1. The zero-order valence-electron chi connectivity index (χ0n) is 11.9. The maximum atomic E-state index is 11.7. The van der Waals surface area contributed by atoms with Crippen LogP contribution in [0.2, 0.25) is 5.02 Å². The molecule has 0 aliphatic rings. The van der Waals surface area contributed by atoms with Crippen molar-refractivity contribution in [2.24, 2.45) is 0 Å². The molecule has 110 valence electrons. The highest BCUT2D eigenvalue weighted by Gasteiger charge is 2.04. The Bertz CT molecular complexity index is 644. The molecule has 0 radical (unpaired) electrons. The highest BCUT2D eigenvalue weighted by atomic mass is 35.5. The summed E-state index contributed by atoms with van der Waals surface area (Å²) in [5.74, 6) is 0.762. The number of anilines is 1.